The highest BCUT2D eigenvalue weighted by Gasteiger charge is 2.13. The van der Waals surface area contributed by atoms with Crippen molar-refractivity contribution in [3.05, 3.63) is 30.0 Å². The molecular formula is C15H21N3O2. The number of hydrogen-bond acceptors (Lipinski definition) is 4. The van der Waals surface area contributed by atoms with Crippen molar-refractivity contribution in [3.63, 3.8) is 0 Å². The van der Waals surface area contributed by atoms with Crippen LogP contribution in [0.5, 0.6) is 11.5 Å². The number of H-pyrrole nitrogens is 1. The fraction of sp³-hybridized carbons (Fsp3) is 0.400. The third-order valence-electron chi connectivity index (χ3n) is 3.14. The van der Waals surface area contributed by atoms with Gasteiger partial charge in [0.25, 0.3) is 0 Å². The molecule has 0 unspecified atom stereocenters. The first-order valence-corrected chi connectivity index (χ1v) is 6.75. The smallest absolute Gasteiger partial charge is 0.128 e. The number of methoxy groups -OCH3 is 2. The minimum atomic E-state index is 0.778. The van der Waals surface area contributed by atoms with E-state index in [9.17, 15) is 0 Å². The van der Waals surface area contributed by atoms with Gasteiger partial charge < -0.3 is 14.8 Å². The van der Waals surface area contributed by atoms with Crippen LogP contribution in [0.25, 0.3) is 11.3 Å². The number of aromatic nitrogens is 2. The van der Waals surface area contributed by atoms with Crippen molar-refractivity contribution in [2.75, 3.05) is 20.8 Å². The van der Waals surface area contributed by atoms with E-state index in [0.717, 1.165) is 47.8 Å². The van der Waals surface area contributed by atoms with E-state index >= 15 is 0 Å². The summed E-state index contributed by atoms with van der Waals surface area (Å²) in [5.74, 6) is 1.59. The third-order valence-corrected chi connectivity index (χ3v) is 3.14. The van der Waals surface area contributed by atoms with Crippen molar-refractivity contribution in [1.29, 1.82) is 0 Å². The monoisotopic (exact) mass is 275 g/mol. The normalized spacial score (nSPS) is 10.6. The van der Waals surface area contributed by atoms with E-state index in [-0.39, 0.29) is 0 Å². The minimum absolute atomic E-state index is 0.778. The Hall–Kier alpha value is -2.01. The molecule has 1 heterocycles. The summed E-state index contributed by atoms with van der Waals surface area (Å²) in [6.07, 6.45) is 2.95. The minimum Gasteiger partial charge on any atom is -0.497 e. The van der Waals surface area contributed by atoms with Gasteiger partial charge in [-0.25, -0.2) is 0 Å². The van der Waals surface area contributed by atoms with Gasteiger partial charge in [-0.15, -0.1) is 0 Å². The zero-order valence-electron chi connectivity index (χ0n) is 12.2. The molecule has 0 bridgehead atoms. The number of ether oxygens (including phenoxy) is 2. The van der Waals surface area contributed by atoms with Crippen LogP contribution in [0.1, 0.15) is 18.9 Å². The van der Waals surface area contributed by atoms with E-state index < -0.39 is 0 Å². The average molecular weight is 275 g/mol. The molecule has 20 heavy (non-hydrogen) atoms. The topological polar surface area (TPSA) is 59.2 Å². The molecule has 0 saturated carbocycles. The lowest BCUT2D eigenvalue weighted by molar-refractivity contribution is 0.404. The van der Waals surface area contributed by atoms with Crippen molar-refractivity contribution >= 4 is 0 Å². The maximum atomic E-state index is 5.43. The molecule has 0 radical (unpaired) electrons. The van der Waals surface area contributed by atoms with Crippen LogP contribution in [0.3, 0.4) is 0 Å². The summed E-state index contributed by atoms with van der Waals surface area (Å²) < 4.78 is 10.7. The fourth-order valence-electron chi connectivity index (χ4n) is 2.09. The molecule has 1 aromatic carbocycles. The number of hydrogen-bond donors (Lipinski definition) is 2. The Kier molecular flexibility index (Phi) is 5.01. The number of aromatic amines is 1. The molecule has 0 atom stereocenters. The Bertz CT molecular complexity index is 552. The summed E-state index contributed by atoms with van der Waals surface area (Å²) in [5.41, 5.74) is 3.03. The molecule has 0 fully saturated rings. The van der Waals surface area contributed by atoms with Crippen molar-refractivity contribution in [1.82, 2.24) is 15.5 Å². The van der Waals surface area contributed by atoms with Crippen LogP contribution in [0.15, 0.2) is 24.4 Å². The van der Waals surface area contributed by atoms with E-state index in [2.05, 4.69) is 22.4 Å². The van der Waals surface area contributed by atoms with Crippen LogP contribution in [-0.4, -0.2) is 31.0 Å². The molecule has 0 aliphatic rings. The second kappa shape index (κ2) is 6.96. The highest BCUT2D eigenvalue weighted by Crippen LogP contribution is 2.33. The Morgan fingerprint density at radius 1 is 1.25 bits per heavy atom. The Balaban J connectivity index is 2.33. The van der Waals surface area contributed by atoms with E-state index in [1.54, 1.807) is 14.2 Å². The van der Waals surface area contributed by atoms with E-state index in [1.165, 1.54) is 0 Å². The second-order valence-corrected chi connectivity index (χ2v) is 4.51. The first-order chi connectivity index (χ1) is 9.80. The Morgan fingerprint density at radius 2 is 2.10 bits per heavy atom. The molecule has 0 spiro atoms. The summed E-state index contributed by atoms with van der Waals surface area (Å²) in [6.45, 7) is 3.91. The van der Waals surface area contributed by atoms with Gasteiger partial charge in [0.05, 0.1) is 26.1 Å². The number of benzene rings is 1. The van der Waals surface area contributed by atoms with Crippen LogP contribution >= 0.6 is 0 Å². The van der Waals surface area contributed by atoms with Gasteiger partial charge in [0.2, 0.25) is 0 Å². The van der Waals surface area contributed by atoms with Crippen LogP contribution in [-0.2, 0) is 6.54 Å². The van der Waals surface area contributed by atoms with Crippen LogP contribution < -0.4 is 14.8 Å². The molecule has 108 valence electrons. The fourth-order valence-corrected chi connectivity index (χ4v) is 2.09. The molecule has 2 N–H and O–H groups in total. The molecule has 0 aliphatic heterocycles. The lowest BCUT2D eigenvalue weighted by atomic mass is 10.1. The van der Waals surface area contributed by atoms with E-state index in [0.29, 0.717) is 0 Å². The molecule has 0 aliphatic carbocycles. The van der Waals surface area contributed by atoms with Gasteiger partial charge in [-0.2, -0.15) is 5.10 Å². The average Bonchev–Trinajstić information content (AvgIpc) is 2.95. The first-order valence-electron chi connectivity index (χ1n) is 6.75. The van der Waals surface area contributed by atoms with Crippen LogP contribution in [0.2, 0.25) is 0 Å². The van der Waals surface area contributed by atoms with Crippen LogP contribution in [0, 0.1) is 0 Å². The Labute approximate surface area is 119 Å². The molecule has 5 nitrogen and oxygen atoms in total. The molecule has 0 amide bonds. The summed E-state index contributed by atoms with van der Waals surface area (Å²) >= 11 is 0. The lowest BCUT2D eigenvalue weighted by Crippen LogP contribution is -2.13. The van der Waals surface area contributed by atoms with Gasteiger partial charge in [0, 0.05) is 17.7 Å². The molecule has 1 aromatic heterocycles. The summed E-state index contributed by atoms with van der Waals surface area (Å²) in [6, 6.07) is 5.74. The summed E-state index contributed by atoms with van der Waals surface area (Å²) in [7, 11) is 3.32. The third kappa shape index (κ3) is 3.11. The van der Waals surface area contributed by atoms with E-state index in [1.807, 2.05) is 24.4 Å². The highest BCUT2D eigenvalue weighted by molar-refractivity contribution is 5.71. The lowest BCUT2D eigenvalue weighted by Gasteiger charge is -2.11. The van der Waals surface area contributed by atoms with Crippen molar-refractivity contribution in [2.24, 2.45) is 0 Å². The quantitative estimate of drug-likeness (QED) is 0.763. The van der Waals surface area contributed by atoms with Crippen LogP contribution in [0.4, 0.5) is 0 Å². The highest BCUT2D eigenvalue weighted by atomic mass is 16.5. The van der Waals surface area contributed by atoms with Gasteiger partial charge in [-0.3, -0.25) is 5.10 Å². The largest absolute Gasteiger partial charge is 0.497 e. The maximum Gasteiger partial charge on any atom is 0.128 e. The maximum absolute atomic E-state index is 5.43. The van der Waals surface area contributed by atoms with Gasteiger partial charge in [0.15, 0.2) is 0 Å². The molecule has 2 aromatic rings. The standard InChI is InChI=1S/C15H21N3O2/c1-4-7-16-9-11-10-17-18-15(11)13-8-12(19-2)5-6-14(13)20-3/h5-6,8,10,16H,4,7,9H2,1-3H3,(H,17,18). The summed E-state index contributed by atoms with van der Waals surface area (Å²) in [5, 5.41) is 10.6. The zero-order chi connectivity index (χ0) is 14.4. The van der Waals surface area contributed by atoms with Crippen molar-refractivity contribution in [2.45, 2.75) is 19.9 Å². The predicted molar refractivity (Wildman–Crippen MR) is 79.1 cm³/mol. The molecule has 2 rings (SSSR count). The van der Waals surface area contributed by atoms with Gasteiger partial charge >= 0.3 is 0 Å². The molecule has 0 saturated heterocycles. The van der Waals surface area contributed by atoms with Gasteiger partial charge in [-0.1, -0.05) is 6.92 Å². The summed E-state index contributed by atoms with van der Waals surface area (Å²) in [4.78, 5) is 0. The number of nitrogens with one attached hydrogen (secondary N) is 2. The molecular weight excluding hydrogens is 254 g/mol. The SMILES string of the molecule is CCCNCc1cn[nH]c1-c1cc(OC)ccc1OC. The van der Waals surface area contributed by atoms with Gasteiger partial charge in [-0.05, 0) is 31.2 Å². The number of rotatable bonds is 7. The van der Waals surface area contributed by atoms with E-state index in [4.69, 9.17) is 9.47 Å². The number of nitrogens with zero attached hydrogens (tertiary/aromatic N) is 1. The first kappa shape index (κ1) is 14.4. The van der Waals surface area contributed by atoms with Crippen molar-refractivity contribution < 1.29 is 9.47 Å². The second-order valence-electron chi connectivity index (χ2n) is 4.51. The zero-order valence-corrected chi connectivity index (χ0v) is 12.2. The predicted octanol–water partition coefficient (Wildman–Crippen LogP) is 2.59. The van der Waals surface area contributed by atoms with Crippen molar-refractivity contribution in [3.8, 4) is 22.8 Å². The Morgan fingerprint density at radius 3 is 2.80 bits per heavy atom. The van der Waals surface area contributed by atoms with Gasteiger partial charge in [0.1, 0.15) is 11.5 Å². The molecule has 5 heteroatoms.